The molecule has 8 nitrogen and oxygen atoms in total. The number of halogens is 1. The minimum atomic E-state index is -0.556. The molecule has 9 heteroatoms. The van der Waals surface area contributed by atoms with Crippen LogP contribution in [0, 0.1) is 17.7 Å². The lowest BCUT2D eigenvalue weighted by atomic mass is 10.0. The Kier molecular flexibility index (Phi) is 5.37. The molecule has 0 amide bonds. The van der Waals surface area contributed by atoms with Gasteiger partial charge >= 0.3 is 6.01 Å². The number of aromatic nitrogens is 3. The molecule has 4 heterocycles. The van der Waals surface area contributed by atoms with E-state index in [4.69, 9.17) is 4.74 Å². The van der Waals surface area contributed by atoms with E-state index in [9.17, 15) is 5.11 Å². The Hall–Kier alpha value is -3.56. The van der Waals surface area contributed by atoms with Gasteiger partial charge < -0.3 is 25.4 Å². The lowest BCUT2D eigenvalue weighted by molar-refractivity contribution is 0.188. The molecule has 1 aliphatic carbocycles. The van der Waals surface area contributed by atoms with Crippen LogP contribution in [0.1, 0.15) is 12.8 Å². The maximum Gasteiger partial charge on any atom is 0.319 e. The number of phenolic OH excluding ortho intramolecular Hbond substituents is 1. The fraction of sp³-hybridized carbons (Fsp3) is 0.393. The number of nitrogens with one attached hydrogen (secondary N) is 2. The van der Waals surface area contributed by atoms with Crippen LogP contribution in [0.4, 0.5) is 10.2 Å². The predicted octanol–water partition coefficient (Wildman–Crippen LogP) is 3.79. The summed E-state index contributed by atoms with van der Waals surface area (Å²) in [6, 6.07) is 11.5. The number of likely N-dealkylation sites (tertiary alicyclic amines) is 1. The Morgan fingerprint density at radius 3 is 2.81 bits per heavy atom. The summed E-state index contributed by atoms with van der Waals surface area (Å²) in [4.78, 5) is 16.0. The molecule has 3 atom stereocenters. The van der Waals surface area contributed by atoms with Crippen LogP contribution >= 0.6 is 0 Å². The molecule has 2 saturated heterocycles. The molecule has 190 valence electrons. The predicted molar refractivity (Wildman–Crippen MR) is 140 cm³/mol. The number of benzene rings is 2. The van der Waals surface area contributed by atoms with E-state index in [2.05, 4.69) is 37.5 Å². The fourth-order valence-corrected chi connectivity index (χ4v) is 6.04. The van der Waals surface area contributed by atoms with Gasteiger partial charge in [0.05, 0.1) is 5.39 Å². The summed E-state index contributed by atoms with van der Waals surface area (Å²) in [5.74, 6) is 1.16. The van der Waals surface area contributed by atoms with Crippen LogP contribution in [-0.4, -0.2) is 70.3 Å². The first-order valence-corrected chi connectivity index (χ1v) is 13.0. The topological polar surface area (TPSA) is 95.4 Å². The normalized spacial score (nSPS) is 25.0. The first-order chi connectivity index (χ1) is 18.1. The number of likely N-dealkylation sites (N-methyl/N-ethyl adjacent to an activating group) is 1. The number of rotatable bonds is 6. The highest BCUT2D eigenvalue weighted by Crippen LogP contribution is 2.44. The molecule has 1 saturated carbocycles. The average Bonchev–Trinajstić information content (AvgIpc) is 3.22. The van der Waals surface area contributed by atoms with Crippen LogP contribution in [0.3, 0.4) is 0 Å². The Labute approximate surface area is 213 Å². The number of hydrogen-bond acceptors (Lipinski definition) is 8. The van der Waals surface area contributed by atoms with Crippen molar-refractivity contribution < 1.29 is 14.2 Å². The molecule has 2 aliphatic heterocycles. The smallest absolute Gasteiger partial charge is 0.319 e. The van der Waals surface area contributed by atoms with E-state index >= 15 is 4.39 Å². The third-order valence-electron chi connectivity index (χ3n) is 8.24. The zero-order chi connectivity index (χ0) is 25.1. The number of pyridine rings is 1. The van der Waals surface area contributed by atoms with Crippen LogP contribution in [0.25, 0.3) is 32.9 Å². The van der Waals surface area contributed by atoms with E-state index < -0.39 is 5.82 Å². The standard InChI is InChI=1S/C28H29FN6O2/c1-35-8-4-6-16(35)14-37-28-33-26-22(27(34-28)32-24-20-11-30-12-21(20)24)13-31-25(23(26)29)19-10-17(36)9-15-5-2-3-7-18(15)19/h2-3,5,7,9-10,13,16,20-21,24,30,36H,4,6,8,11-12,14H2,1H3,(H,32,33,34)/t16-,20?,21?,24?/m0/s1. The van der Waals surface area contributed by atoms with Gasteiger partial charge in [-0.1, -0.05) is 24.3 Å². The van der Waals surface area contributed by atoms with Crippen molar-refractivity contribution in [3.05, 3.63) is 48.4 Å². The first-order valence-electron chi connectivity index (χ1n) is 13.0. The Bertz CT molecular complexity index is 1500. The second-order valence-electron chi connectivity index (χ2n) is 10.5. The van der Waals surface area contributed by atoms with Crippen molar-refractivity contribution in [3.8, 4) is 23.0 Å². The van der Waals surface area contributed by atoms with Gasteiger partial charge in [0.1, 0.15) is 29.4 Å². The van der Waals surface area contributed by atoms with Crippen LogP contribution in [0.5, 0.6) is 11.8 Å². The van der Waals surface area contributed by atoms with Crippen molar-refractivity contribution in [2.75, 3.05) is 38.6 Å². The van der Waals surface area contributed by atoms with Gasteiger partial charge in [0.15, 0.2) is 5.82 Å². The molecule has 0 radical (unpaired) electrons. The SMILES string of the molecule is CN1CCC[C@H]1COc1nc(NC2C3CNCC32)c2cnc(-c3cc(O)cc4ccccc34)c(F)c2n1. The molecule has 4 aromatic rings. The fourth-order valence-electron chi connectivity index (χ4n) is 6.04. The Morgan fingerprint density at radius 2 is 2.00 bits per heavy atom. The van der Waals surface area contributed by atoms with Gasteiger partial charge in [-0.25, -0.2) is 4.39 Å². The van der Waals surface area contributed by atoms with Crippen molar-refractivity contribution >= 4 is 27.5 Å². The van der Waals surface area contributed by atoms with Gasteiger partial charge in [-0.05, 0) is 61.2 Å². The third kappa shape index (κ3) is 3.93. The summed E-state index contributed by atoms with van der Waals surface area (Å²) in [6.45, 7) is 3.45. The number of ether oxygens (including phenoxy) is 1. The molecule has 0 bridgehead atoms. The van der Waals surface area contributed by atoms with Crippen LogP contribution in [0.15, 0.2) is 42.6 Å². The maximum absolute atomic E-state index is 16.2. The quantitative estimate of drug-likeness (QED) is 0.368. The van der Waals surface area contributed by atoms with Crippen molar-refractivity contribution in [2.45, 2.75) is 24.9 Å². The summed E-state index contributed by atoms with van der Waals surface area (Å²) in [5, 5.41) is 19.4. The van der Waals surface area contributed by atoms with Crippen LogP contribution in [0.2, 0.25) is 0 Å². The van der Waals surface area contributed by atoms with Crippen molar-refractivity contribution in [1.29, 1.82) is 0 Å². The molecule has 2 unspecified atom stereocenters. The third-order valence-corrected chi connectivity index (χ3v) is 8.24. The summed E-state index contributed by atoms with van der Waals surface area (Å²) in [7, 11) is 2.09. The first kappa shape index (κ1) is 22.6. The second kappa shape index (κ2) is 8.78. The number of nitrogens with zero attached hydrogens (tertiary/aromatic N) is 4. The minimum Gasteiger partial charge on any atom is -0.508 e. The number of anilines is 1. The summed E-state index contributed by atoms with van der Waals surface area (Å²) < 4.78 is 22.3. The zero-order valence-corrected chi connectivity index (χ0v) is 20.6. The molecule has 2 aromatic carbocycles. The zero-order valence-electron chi connectivity index (χ0n) is 20.6. The molecule has 3 fully saturated rings. The van der Waals surface area contributed by atoms with Gasteiger partial charge in [0.25, 0.3) is 0 Å². The largest absolute Gasteiger partial charge is 0.508 e. The molecule has 2 aromatic heterocycles. The molecule has 37 heavy (non-hydrogen) atoms. The monoisotopic (exact) mass is 500 g/mol. The Balaban J connectivity index is 1.32. The maximum atomic E-state index is 16.2. The Morgan fingerprint density at radius 1 is 1.16 bits per heavy atom. The van der Waals surface area contributed by atoms with Gasteiger partial charge in [0, 0.05) is 36.9 Å². The van der Waals surface area contributed by atoms with E-state index in [1.165, 1.54) is 0 Å². The van der Waals surface area contributed by atoms with Crippen molar-refractivity contribution in [2.24, 2.45) is 11.8 Å². The summed E-state index contributed by atoms with van der Waals surface area (Å²) in [5.41, 5.74) is 0.813. The lowest BCUT2D eigenvalue weighted by Gasteiger charge is -2.19. The van der Waals surface area contributed by atoms with Crippen LogP contribution < -0.4 is 15.4 Å². The number of piperidine rings is 1. The van der Waals surface area contributed by atoms with Gasteiger partial charge in [0.2, 0.25) is 0 Å². The van der Waals surface area contributed by atoms with E-state index in [1.54, 1.807) is 18.3 Å². The van der Waals surface area contributed by atoms with E-state index in [1.807, 2.05) is 24.3 Å². The number of aromatic hydroxyl groups is 1. The molecule has 7 rings (SSSR count). The summed E-state index contributed by atoms with van der Waals surface area (Å²) in [6.07, 6.45) is 3.82. The highest BCUT2D eigenvalue weighted by molar-refractivity contribution is 5.99. The number of fused-ring (bicyclic) bond motifs is 3. The van der Waals surface area contributed by atoms with Gasteiger partial charge in [-0.3, -0.25) is 4.98 Å². The molecular weight excluding hydrogens is 471 g/mol. The molecule has 3 N–H and O–H groups in total. The van der Waals surface area contributed by atoms with E-state index in [0.717, 1.165) is 43.2 Å². The van der Waals surface area contributed by atoms with Crippen molar-refractivity contribution in [1.82, 2.24) is 25.2 Å². The molecule has 3 aliphatic rings. The highest BCUT2D eigenvalue weighted by Gasteiger charge is 2.53. The second-order valence-corrected chi connectivity index (χ2v) is 10.5. The number of hydrogen-bond donors (Lipinski definition) is 3. The highest BCUT2D eigenvalue weighted by atomic mass is 19.1. The minimum absolute atomic E-state index is 0.0543. The lowest BCUT2D eigenvalue weighted by Crippen LogP contribution is -2.31. The summed E-state index contributed by atoms with van der Waals surface area (Å²) >= 11 is 0. The van der Waals surface area contributed by atoms with Gasteiger partial charge in [-0.15, -0.1) is 0 Å². The van der Waals surface area contributed by atoms with Crippen LogP contribution in [-0.2, 0) is 0 Å². The van der Waals surface area contributed by atoms with Crippen molar-refractivity contribution in [3.63, 3.8) is 0 Å². The molecular formula is C28H29FN6O2. The van der Waals surface area contributed by atoms with E-state index in [-0.39, 0.29) is 23.0 Å². The number of phenols is 1. The van der Waals surface area contributed by atoms with E-state index in [0.29, 0.717) is 47.3 Å². The average molecular weight is 501 g/mol. The van der Waals surface area contributed by atoms with Gasteiger partial charge in [-0.2, -0.15) is 9.97 Å². The molecule has 0 spiro atoms.